The van der Waals surface area contributed by atoms with E-state index >= 15 is 0 Å². The molecular formula is C15H23N3O2S. The molecule has 0 aromatic carbocycles. The molecule has 2 N–H and O–H groups in total. The lowest BCUT2D eigenvalue weighted by Gasteiger charge is -2.30. The highest BCUT2D eigenvalue weighted by molar-refractivity contribution is 7.89. The van der Waals surface area contributed by atoms with Crippen LogP contribution in [0.3, 0.4) is 0 Å². The Hall–Kier alpha value is -1.14. The van der Waals surface area contributed by atoms with E-state index in [1.54, 1.807) is 12.1 Å². The Bertz CT molecular complexity index is 581. The molecule has 3 rings (SSSR count). The van der Waals surface area contributed by atoms with Gasteiger partial charge in [0.05, 0.1) is 0 Å². The van der Waals surface area contributed by atoms with Crippen molar-refractivity contribution in [1.29, 1.82) is 0 Å². The molecule has 2 saturated carbocycles. The summed E-state index contributed by atoms with van der Waals surface area (Å²) >= 11 is 0. The van der Waals surface area contributed by atoms with Gasteiger partial charge in [-0.05, 0) is 56.7 Å². The van der Waals surface area contributed by atoms with Gasteiger partial charge in [0.15, 0.2) is 0 Å². The number of aromatic nitrogens is 1. The molecule has 0 aliphatic heterocycles. The number of hydrogen-bond acceptors (Lipinski definition) is 4. The number of hydrogen-bond donors (Lipinski definition) is 2. The van der Waals surface area contributed by atoms with Gasteiger partial charge in [0.1, 0.15) is 10.7 Å². The van der Waals surface area contributed by atoms with E-state index in [-0.39, 0.29) is 4.90 Å². The predicted molar refractivity (Wildman–Crippen MR) is 82.6 cm³/mol. The summed E-state index contributed by atoms with van der Waals surface area (Å²) in [5.74, 6) is 2.61. The van der Waals surface area contributed by atoms with E-state index in [0.29, 0.717) is 6.04 Å². The molecule has 1 aromatic heterocycles. The number of pyridine rings is 1. The average molecular weight is 309 g/mol. The first kappa shape index (κ1) is 14.8. The topological polar surface area (TPSA) is 71.1 Å². The van der Waals surface area contributed by atoms with Crippen LogP contribution in [0, 0.1) is 11.8 Å². The summed E-state index contributed by atoms with van der Waals surface area (Å²) < 4.78 is 25.6. The molecule has 21 heavy (non-hydrogen) atoms. The highest BCUT2D eigenvalue weighted by Gasteiger charge is 2.34. The van der Waals surface area contributed by atoms with Gasteiger partial charge in [0.2, 0.25) is 10.0 Å². The minimum Gasteiger partial charge on any atom is -0.367 e. The second kappa shape index (κ2) is 5.93. The Morgan fingerprint density at radius 3 is 2.57 bits per heavy atom. The van der Waals surface area contributed by atoms with Crippen LogP contribution >= 0.6 is 0 Å². The van der Waals surface area contributed by atoms with Crippen molar-refractivity contribution in [2.75, 3.05) is 12.4 Å². The van der Waals surface area contributed by atoms with E-state index in [4.69, 9.17) is 0 Å². The van der Waals surface area contributed by atoms with Crippen LogP contribution in [0.1, 0.15) is 38.5 Å². The molecule has 0 radical (unpaired) electrons. The van der Waals surface area contributed by atoms with Crippen LogP contribution in [0.4, 0.5) is 5.82 Å². The molecule has 2 aliphatic carbocycles. The van der Waals surface area contributed by atoms with Gasteiger partial charge in [0.25, 0.3) is 0 Å². The zero-order valence-electron chi connectivity index (χ0n) is 12.4. The molecule has 2 fully saturated rings. The first-order valence-corrected chi connectivity index (χ1v) is 9.23. The van der Waals surface area contributed by atoms with Gasteiger partial charge in [-0.1, -0.05) is 12.8 Å². The Morgan fingerprint density at radius 2 is 1.95 bits per heavy atom. The van der Waals surface area contributed by atoms with E-state index in [9.17, 15) is 8.42 Å². The highest BCUT2D eigenvalue weighted by atomic mass is 32.2. The molecule has 6 heteroatoms. The molecule has 2 atom stereocenters. The smallest absolute Gasteiger partial charge is 0.241 e. The fraction of sp³-hybridized carbons (Fsp3) is 0.667. The van der Waals surface area contributed by atoms with E-state index in [2.05, 4.69) is 15.0 Å². The third-order valence-corrected chi connectivity index (χ3v) is 6.07. The summed E-state index contributed by atoms with van der Waals surface area (Å²) in [5.41, 5.74) is 0. The summed E-state index contributed by atoms with van der Waals surface area (Å²) in [4.78, 5) is 4.45. The Labute approximate surface area is 126 Å². The third kappa shape index (κ3) is 3.55. The molecular weight excluding hydrogens is 286 g/mol. The minimum atomic E-state index is -3.40. The van der Waals surface area contributed by atoms with E-state index in [0.717, 1.165) is 17.7 Å². The summed E-state index contributed by atoms with van der Waals surface area (Å²) in [6, 6.07) is 3.83. The molecule has 116 valence electrons. The lowest BCUT2D eigenvalue weighted by molar-refractivity contribution is 0.303. The van der Waals surface area contributed by atoms with Crippen molar-refractivity contribution >= 4 is 15.8 Å². The fourth-order valence-corrected chi connectivity index (χ4v) is 3.98. The Kier molecular flexibility index (Phi) is 4.17. The second-order valence-corrected chi connectivity index (χ2v) is 8.08. The molecule has 0 bridgehead atoms. The maximum absolute atomic E-state index is 11.7. The number of nitrogens with one attached hydrogen (secondary N) is 2. The fourth-order valence-electron chi connectivity index (χ4n) is 3.31. The first-order chi connectivity index (χ1) is 10.1. The molecule has 1 heterocycles. The van der Waals surface area contributed by atoms with Crippen molar-refractivity contribution in [2.24, 2.45) is 11.8 Å². The van der Waals surface area contributed by atoms with Crippen molar-refractivity contribution in [3.63, 3.8) is 0 Å². The van der Waals surface area contributed by atoms with Crippen molar-refractivity contribution < 1.29 is 8.42 Å². The SMILES string of the molecule is CNS(=O)(=O)c1ccc(NC2CCCC(C3CC3)C2)nc1. The summed E-state index contributed by atoms with van der Waals surface area (Å²) in [6.07, 6.45) is 9.29. The van der Waals surface area contributed by atoms with Crippen LogP contribution in [0.15, 0.2) is 23.2 Å². The molecule has 0 saturated heterocycles. The van der Waals surface area contributed by atoms with Crippen molar-refractivity contribution in [1.82, 2.24) is 9.71 Å². The standard InChI is InChI=1S/C15H23N3O2S/c1-16-21(19,20)14-7-8-15(17-10-14)18-13-4-2-3-12(9-13)11-5-6-11/h7-8,10-13,16H,2-6,9H2,1H3,(H,17,18). The number of anilines is 1. The zero-order valence-corrected chi connectivity index (χ0v) is 13.2. The van der Waals surface area contributed by atoms with Crippen LogP contribution in [0.2, 0.25) is 0 Å². The maximum Gasteiger partial charge on any atom is 0.241 e. The maximum atomic E-state index is 11.7. The summed E-state index contributed by atoms with van der Waals surface area (Å²) in [6.45, 7) is 0. The lowest BCUT2D eigenvalue weighted by Crippen LogP contribution is -2.28. The molecule has 2 unspecified atom stereocenters. The highest BCUT2D eigenvalue weighted by Crippen LogP contribution is 2.44. The van der Waals surface area contributed by atoms with Crippen LogP contribution < -0.4 is 10.0 Å². The van der Waals surface area contributed by atoms with Gasteiger partial charge in [-0.15, -0.1) is 0 Å². The molecule has 0 amide bonds. The number of nitrogens with zero attached hydrogens (tertiary/aromatic N) is 1. The summed E-state index contributed by atoms with van der Waals surface area (Å²) in [5, 5.41) is 3.46. The predicted octanol–water partition coefficient (Wildman–Crippen LogP) is 2.37. The Balaban J connectivity index is 1.62. The van der Waals surface area contributed by atoms with Gasteiger partial charge < -0.3 is 5.32 Å². The van der Waals surface area contributed by atoms with Gasteiger partial charge in [-0.2, -0.15) is 0 Å². The van der Waals surface area contributed by atoms with Gasteiger partial charge in [-0.3, -0.25) is 0 Å². The van der Waals surface area contributed by atoms with Crippen molar-refractivity contribution in [3.05, 3.63) is 18.3 Å². The first-order valence-electron chi connectivity index (χ1n) is 7.74. The quantitative estimate of drug-likeness (QED) is 0.876. The normalized spacial score (nSPS) is 26.5. The van der Waals surface area contributed by atoms with Crippen LogP contribution in [0.25, 0.3) is 0 Å². The van der Waals surface area contributed by atoms with Crippen molar-refractivity contribution in [2.45, 2.75) is 49.5 Å². The number of sulfonamides is 1. The van der Waals surface area contributed by atoms with E-state index in [1.807, 2.05) is 0 Å². The second-order valence-electron chi connectivity index (χ2n) is 6.19. The molecule has 0 spiro atoms. The van der Waals surface area contributed by atoms with E-state index < -0.39 is 10.0 Å². The van der Waals surface area contributed by atoms with Gasteiger partial charge >= 0.3 is 0 Å². The molecule has 1 aromatic rings. The monoisotopic (exact) mass is 309 g/mol. The van der Waals surface area contributed by atoms with Gasteiger partial charge in [0, 0.05) is 12.2 Å². The van der Waals surface area contributed by atoms with Gasteiger partial charge in [-0.25, -0.2) is 18.1 Å². The summed E-state index contributed by atoms with van der Waals surface area (Å²) in [7, 11) is -2.00. The molecule has 2 aliphatic rings. The Morgan fingerprint density at radius 1 is 1.14 bits per heavy atom. The lowest BCUT2D eigenvalue weighted by atomic mass is 9.83. The third-order valence-electron chi connectivity index (χ3n) is 4.67. The van der Waals surface area contributed by atoms with Crippen LogP contribution in [0.5, 0.6) is 0 Å². The van der Waals surface area contributed by atoms with Crippen LogP contribution in [-0.4, -0.2) is 26.5 Å². The largest absolute Gasteiger partial charge is 0.367 e. The molecule has 5 nitrogen and oxygen atoms in total. The minimum absolute atomic E-state index is 0.204. The zero-order chi connectivity index (χ0) is 14.9. The van der Waals surface area contributed by atoms with E-state index in [1.165, 1.54) is 51.8 Å². The number of rotatable bonds is 5. The van der Waals surface area contributed by atoms with Crippen LogP contribution in [-0.2, 0) is 10.0 Å². The average Bonchev–Trinajstić information content (AvgIpc) is 3.33. The van der Waals surface area contributed by atoms with Crippen molar-refractivity contribution in [3.8, 4) is 0 Å².